The Morgan fingerprint density at radius 2 is 1.97 bits per heavy atom. The summed E-state index contributed by atoms with van der Waals surface area (Å²) in [7, 11) is -3.75. The van der Waals surface area contributed by atoms with Crippen LogP contribution in [-0.4, -0.2) is 75.4 Å². The summed E-state index contributed by atoms with van der Waals surface area (Å²) in [6, 6.07) is 1.51. The monoisotopic (exact) mass is 471 g/mol. The van der Waals surface area contributed by atoms with Gasteiger partial charge in [-0.1, -0.05) is 26.2 Å². The van der Waals surface area contributed by atoms with E-state index in [1.165, 1.54) is 10.4 Å². The molecule has 0 radical (unpaired) electrons. The van der Waals surface area contributed by atoms with E-state index < -0.39 is 10.0 Å². The van der Waals surface area contributed by atoms with Crippen LogP contribution < -0.4 is 5.32 Å². The zero-order valence-electron chi connectivity index (χ0n) is 18.2. The Balaban J connectivity index is 1.63. The third-order valence-electron chi connectivity index (χ3n) is 5.82. The van der Waals surface area contributed by atoms with Crippen molar-refractivity contribution >= 4 is 33.2 Å². The minimum absolute atomic E-state index is 0.0126. The second-order valence-corrected chi connectivity index (χ2v) is 10.9. The highest BCUT2D eigenvalue weighted by atomic mass is 32.2. The van der Waals surface area contributed by atoms with Crippen molar-refractivity contribution in [3.8, 4) is 0 Å². The summed E-state index contributed by atoms with van der Waals surface area (Å²) in [5.41, 5.74) is 0. The summed E-state index contributed by atoms with van der Waals surface area (Å²) >= 11 is 1.14. The maximum Gasteiger partial charge on any atom is 0.265 e. The minimum Gasteiger partial charge on any atom is -0.379 e. The zero-order valence-corrected chi connectivity index (χ0v) is 19.8. The van der Waals surface area contributed by atoms with Crippen molar-refractivity contribution in [2.24, 2.45) is 5.92 Å². The fourth-order valence-corrected chi connectivity index (χ4v) is 6.78. The Labute approximate surface area is 189 Å². The van der Waals surface area contributed by atoms with Crippen LogP contribution in [0.5, 0.6) is 0 Å². The van der Waals surface area contributed by atoms with Crippen molar-refractivity contribution in [2.75, 3.05) is 45.9 Å². The molecule has 0 bridgehead atoms. The molecule has 2 fully saturated rings. The van der Waals surface area contributed by atoms with E-state index >= 15 is 0 Å². The number of hydrogen-bond donors (Lipinski definition) is 1. The van der Waals surface area contributed by atoms with Crippen LogP contribution in [-0.2, 0) is 19.6 Å². The molecular formula is C21H33N3O5S2. The molecule has 3 heterocycles. The third-order valence-corrected chi connectivity index (χ3v) is 8.79. The van der Waals surface area contributed by atoms with Gasteiger partial charge in [-0.15, -0.1) is 11.3 Å². The summed E-state index contributed by atoms with van der Waals surface area (Å²) in [6.45, 7) is 4.96. The topological polar surface area (TPSA) is 96.0 Å². The van der Waals surface area contributed by atoms with E-state index in [0.29, 0.717) is 32.8 Å². The number of thiophene rings is 1. The lowest BCUT2D eigenvalue weighted by molar-refractivity contribution is -0.126. The van der Waals surface area contributed by atoms with Crippen LogP contribution in [0.25, 0.3) is 0 Å². The molecule has 0 saturated carbocycles. The number of nitrogens with one attached hydrogen (secondary N) is 1. The highest BCUT2D eigenvalue weighted by Gasteiger charge is 2.35. The first kappa shape index (κ1) is 24.2. The molecule has 1 aromatic heterocycles. The number of amides is 2. The summed E-state index contributed by atoms with van der Waals surface area (Å²) in [6.07, 6.45) is 5.86. The smallest absolute Gasteiger partial charge is 0.265 e. The van der Waals surface area contributed by atoms with Crippen LogP contribution in [0.2, 0.25) is 0 Å². The van der Waals surface area contributed by atoms with Crippen molar-refractivity contribution in [1.82, 2.24) is 14.5 Å². The SMILES string of the molecule is CCCCCCNC(=O)C1CCCN(C(=O)c2sccc2S(=O)(=O)N2CCOCC2)C1. The van der Waals surface area contributed by atoms with E-state index in [0.717, 1.165) is 49.9 Å². The lowest BCUT2D eigenvalue weighted by Gasteiger charge is -2.32. The molecule has 0 aromatic carbocycles. The molecule has 174 valence electrons. The largest absolute Gasteiger partial charge is 0.379 e. The third kappa shape index (κ3) is 6.06. The standard InChI is InChI=1S/C21H33N3O5S2/c1-2-3-4-5-9-22-20(25)17-7-6-10-23(16-17)21(26)19-18(8-15-30-19)31(27,28)24-11-13-29-14-12-24/h8,15,17H,2-7,9-14,16H2,1H3,(H,22,25). The van der Waals surface area contributed by atoms with E-state index in [2.05, 4.69) is 12.2 Å². The summed E-state index contributed by atoms with van der Waals surface area (Å²) in [4.78, 5) is 27.7. The second-order valence-electron chi connectivity index (χ2n) is 8.07. The Kier molecular flexibility index (Phi) is 8.88. The van der Waals surface area contributed by atoms with Crippen LogP contribution >= 0.6 is 11.3 Å². The van der Waals surface area contributed by atoms with Gasteiger partial charge >= 0.3 is 0 Å². The van der Waals surface area contributed by atoms with Gasteiger partial charge in [-0.2, -0.15) is 4.31 Å². The molecule has 3 rings (SSSR count). The van der Waals surface area contributed by atoms with Gasteiger partial charge in [0, 0.05) is 32.7 Å². The minimum atomic E-state index is -3.75. The molecule has 2 amide bonds. The van der Waals surface area contributed by atoms with Crippen LogP contribution in [0.4, 0.5) is 0 Å². The summed E-state index contributed by atoms with van der Waals surface area (Å²) < 4.78 is 32.8. The number of morpholine rings is 1. The predicted molar refractivity (Wildman–Crippen MR) is 120 cm³/mol. The predicted octanol–water partition coefficient (Wildman–Crippen LogP) is 2.32. The number of carbonyl (C=O) groups excluding carboxylic acids is 2. The first-order valence-corrected chi connectivity index (χ1v) is 13.5. The van der Waals surface area contributed by atoms with Crippen LogP contribution in [0.15, 0.2) is 16.3 Å². The molecule has 1 unspecified atom stereocenters. The lowest BCUT2D eigenvalue weighted by Crippen LogP contribution is -2.46. The Hall–Kier alpha value is -1.49. The Morgan fingerprint density at radius 1 is 1.19 bits per heavy atom. The number of rotatable bonds is 9. The number of piperidine rings is 1. The first-order chi connectivity index (χ1) is 14.9. The molecule has 2 aliphatic rings. The van der Waals surface area contributed by atoms with Crippen molar-refractivity contribution < 1.29 is 22.7 Å². The summed E-state index contributed by atoms with van der Waals surface area (Å²) in [5, 5.41) is 4.64. The average molecular weight is 472 g/mol. The van der Waals surface area contributed by atoms with E-state index in [1.54, 1.807) is 10.3 Å². The van der Waals surface area contributed by atoms with E-state index in [1.807, 2.05) is 0 Å². The Morgan fingerprint density at radius 3 is 2.71 bits per heavy atom. The summed E-state index contributed by atoms with van der Waals surface area (Å²) in [5.74, 6) is -0.563. The van der Waals surface area contributed by atoms with Crippen molar-refractivity contribution in [2.45, 2.75) is 50.3 Å². The normalized spacial score (nSPS) is 20.5. The molecule has 10 heteroatoms. The van der Waals surface area contributed by atoms with Gasteiger partial charge < -0.3 is 15.0 Å². The molecule has 31 heavy (non-hydrogen) atoms. The maximum atomic E-state index is 13.2. The zero-order chi connectivity index (χ0) is 22.3. The highest BCUT2D eigenvalue weighted by Crippen LogP contribution is 2.29. The van der Waals surface area contributed by atoms with Gasteiger partial charge in [-0.3, -0.25) is 9.59 Å². The Bertz CT molecular complexity index is 849. The average Bonchev–Trinajstić information content (AvgIpc) is 3.30. The van der Waals surface area contributed by atoms with Gasteiger partial charge in [-0.05, 0) is 30.7 Å². The number of likely N-dealkylation sites (tertiary alicyclic amines) is 1. The van der Waals surface area contributed by atoms with Gasteiger partial charge in [-0.25, -0.2) is 8.42 Å². The van der Waals surface area contributed by atoms with Crippen LogP contribution in [0.3, 0.4) is 0 Å². The quantitative estimate of drug-likeness (QED) is 0.558. The number of sulfonamides is 1. The fraction of sp³-hybridized carbons (Fsp3) is 0.714. The van der Waals surface area contributed by atoms with Crippen molar-refractivity contribution in [1.29, 1.82) is 0 Å². The van der Waals surface area contributed by atoms with E-state index in [9.17, 15) is 18.0 Å². The molecule has 2 saturated heterocycles. The van der Waals surface area contributed by atoms with E-state index in [-0.39, 0.29) is 40.6 Å². The van der Waals surface area contributed by atoms with Crippen LogP contribution in [0.1, 0.15) is 55.1 Å². The number of unbranched alkanes of at least 4 members (excludes halogenated alkanes) is 3. The number of ether oxygens (including phenoxy) is 1. The second kappa shape index (κ2) is 11.4. The van der Waals surface area contributed by atoms with Gasteiger partial charge in [0.1, 0.15) is 9.77 Å². The number of hydrogen-bond acceptors (Lipinski definition) is 6. The number of nitrogens with zero attached hydrogens (tertiary/aromatic N) is 2. The maximum absolute atomic E-state index is 13.2. The first-order valence-electron chi connectivity index (χ1n) is 11.2. The van der Waals surface area contributed by atoms with E-state index in [4.69, 9.17) is 4.74 Å². The molecule has 8 nitrogen and oxygen atoms in total. The number of carbonyl (C=O) groups is 2. The molecule has 0 spiro atoms. The van der Waals surface area contributed by atoms with Gasteiger partial charge in [0.2, 0.25) is 15.9 Å². The van der Waals surface area contributed by atoms with Gasteiger partial charge in [0.05, 0.1) is 19.1 Å². The molecule has 1 atom stereocenters. The molecular weight excluding hydrogens is 438 g/mol. The van der Waals surface area contributed by atoms with Gasteiger partial charge in [0.25, 0.3) is 5.91 Å². The van der Waals surface area contributed by atoms with Crippen molar-refractivity contribution in [3.05, 3.63) is 16.3 Å². The van der Waals surface area contributed by atoms with Crippen molar-refractivity contribution in [3.63, 3.8) is 0 Å². The molecule has 0 aliphatic carbocycles. The van der Waals surface area contributed by atoms with Crippen LogP contribution in [0, 0.1) is 5.92 Å². The van der Waals surface area contributed by atoms with Gasteiger partial charge in [0.15, 0.2) is 0 Å². The molecule has 2 aliphatic heterocycles. The molecule has 1 N–H and O–H groups in total. The fourth-order valence-electron chi connectivity index (χ4n) is 4.01. The highest BCUT2D eigenvalue weighted by molar-refractivity contribution is 7.89. The molecule has 1 aromatic rings. The lowest BCUT2D eigenvalue weighted by atomic mass is 9.97.